The van der Waals surface area contributed by atoms with Crippen LogP contribution in [0, 0.1) is 5.41 Å². The van der Waals surface area contributed by atoms with Gasteiger partial charge in [0.25, 0.3) is 0 Å². The van der Waals surface area contributed by atoms with Gasteiger partial charge in [0.2, 0.25) is 5.91 Å². The van der Waals surface area contributed by atoms with Gasteiger partial charge in [0.15, 0.2) is 0 Å². The lowest BCUT2D eigenvalue weighted by Gasteiger charge is -2.38. The van der Waals surface area contributed by atoms with Crippen LogP contribution < -0.4 is 10.2 Å². The van der Waals surface area contributed by atoms with Crippen molar-refractivity contribution in [1.82, 2.24) is 20.0 Å². The lowest BCUT2D eigenvalue weighted by Crippen LogP contribution is -2.50. The minimum Gasteiger partial charge on any atom is -0.381 e. The number of nitrogens with one attached hydrogen (secondary N) is 2. The Balaban J connectivity index is 1.29. The standard InChI is InChI=1S/C26H32N6O2/c1-17(33)30-10-8-24(29-21-15-34-16-21)23(14-30)26(27)31-9-2-3-19-11-18(4-7-25(19)31)20-12-28-32(13-20)22-5-6-22/h4,7,11-13,21-22,27,29H,2-3,5-6,8-10,14-16H2,1H3. The Morgan fingerprint density at radius 3 is 2.76 bits per heavy atom. The molecule has 1 saturated heterocycles. The topological polar surface area (TPSA) is 86.5 Å². The number of hydrogen-bond acceptors (Lipinski definition) is 5. The fourth-order valence-corrected chi connectivity index (χ4v) is 5.17. The van der Waals surface area contributed by atoms with Gasteiger partial charge in [-0.1, -0.05) is 6.07 Å². The summed E-state index contributed by atoms with van der Waals surface area (Å²) in [5.41, 5.74) is 6.74. The van der Waals surface area contributed by atoms with Gasteiger partial charge in [0, 0.05) is 55.2 Å². The molecule has 0 bridgehead atoms. The molecule has 1 aliphatic carbocycles. The molecular weight excluding hydrogens is 428 g/mol. The molecule has 2 fully saturated rings. The van der Waals surface area contributed by atoms with Gasteiger partial charge in [-0.25, -0.2) is 0 Å². The molecule has 1 aromatic heterocycles. The molecule has 3 aliphatic heterocycles. The van der Waals surface area contributed by atoms with Crippen molar-refractivity contribution in [3.63, 3.8) is 0 Å². The van der Waals surface area contributed by atoms with Crippen molar-refractivity contribution in [1.29, 1.82) is 5.41 Å². The minimum absolute atomic E-state index is 0.0618. The van der Waals surface area contributed by atoms with Crippen molar-refractivity contribution in [2.75, 3.05) is 37.7 Å². The summed E-state index contributed by atoms with van der Waals surface area (Å²) in [6.07, 6.45) is 9.34. The summed E-state index contributed by atoms with van der Waals surface area (Å²) in [6.45, 7) is 5.00. The molecule has 1 saturated carbocycles. The highest BCUT2D eigenvalue weighted by atomic mass is 16.5. The van der Waals surface area contributed by atoms with Crippen molar-refractivity contribution in [2.45, 2.75) is 51.1 Å². The van der Waals surface area contributed by atoms with Crippen LogP contribution in [0.3, 0.4) is 0 Å². The van der Waals surface area contributed by atoms with Gasteiger partial charge in [-0.2, -0.15) is 5.10 Å². The number of benzene rings is 1. The number of aromatic nitrogens is 2. The van der Waals surface area contributed by atoms with Gasteiger partial charge in [0.05, 0.1) is 38.0 Å². The number of fused-ring (bicyclic) bond motifs is 1. The van der Waals surface area contributed by atoms with E-state index in [9.17, 15) is 10.2 Å². The molecule has 6 rings (SSSR count). The molecule has 2 N–H and O–H groups in total. The molecule has 0 unspecified atom stereocenters. The number of aryl methyl sites for hydroxylation is 1. The van der Waals surface area contributed by atoms with E-state index in [0.717, 1.165) is 48.3 Å². The third-order valence-corrected chi connectivity index (χ3v) is 7.42. The third-order valence-electron chi connectivity index (χ3n) is 7.42. The number of nitrogens with zero attached hydrogens (tertiary/aromatic N) is 4. The Morgan fingerprint density at radius 2 is 2.03 bits per heavy atom. The minimum atomic E-state index is 0.0618. The summed E-state index contributed by atoms with van der Waals surface area (Å²) in [6, 6.07) is 7.46. The van der Waals surface area contributed by atoms with Gasteiger partial charge in [0.1, 0.15) is 5.84 Å². The van der Waals surface area contributed by atoms with E-state index in [4.69, 9.17) is 4.74 Å². The maximum atomic E-state index is 12.1. The normalized spacial score (nSPS) is 20.7. The zero-order chi connectivity index (χ0) is 23.2. The van der Waals surface area contributed by atoms with Crippen LogP contribution in [0.25, 0.3) is 11.1 Å². The number of carbonyl (C=O) groups excluding carboxylic acids is 1. The van der Waals surface area contributed by atoms with E-state index < -0.39 is 0 Å². The Morgan fingerprint density at radius 1 is 1.18 bits per heavy atom. The molecule has 4 aliphatic rings. The molecule has 1 amide bonds. The number of anilines is 1. The average molecular weight is 461 g/mol. The number of amidine groups is 1. The largest absolute Gasteiger partial charge is 0.381 e. The first-order chi connectivity index (χ1) is 16.6. The zero-order valence-corrected chi connectivity index (χ0v) is 19.7. The summed E-state index contributed by atoms with van der Waals surface area (Å²) in [5.74, 6) is 0.565. The van der Waals surface area contributed by atoms with Crippen molar-refractivity contribution < 1.29 is 9.53 Å². The zero-order valence-electron chi connectivity index (χ0n) is 19.7. The van der Waals surface area contributed by atoms with Crippen LogP contribution >= 0.6 is 0 Å². The van der Waals surface area contributed by atoms with E-state index in [-0.39, 0.29) is 5.91 Å². The molecule has 8 heteroatoms. The van der Waals surface area contributed by atoms with Crippen LogP contribution in [0.5, 0.6) is 0 Å². The van der Waals surface area contributed by atoms with Gasteiger partial charge in [-0.05, 0) is 48.9 Å². The quantitative estimate of drug-likeness (QED) is 0.529. The molecule has 0 atom stereocenters. The van der Waals surface area contributed by atoms with E-state index in [0.29, 0.717) is 44.2 Å². The van der Waals surface area contributed by atoms with Crippen molar-refractivity contribution in [2.24, 2.45) is 0 Å². The van der Waals surface area contributed by atoms with E-state index in [1.165, 1.54) is 24.0 Å². The van der Waals surface area contributed by atoms with E-state index in [1.54, 1.807) is 6.92 Å². The SMILES string of the molecule is CC(=O)N1CCC(NC2COC2)=C(C(=N)N2CCCc3cc(-c4cnn(C5CC5)c4)ccc32)C1. The highest BCUT2D eigenvalue weighted by Gasteiger charge is 2.31. The first-order valence-electron chi connectivity index (χ1n) is 12.4. The fraction of sp³-hybridized carbons (Fsp3) is 0.500. The average Bonchev–Trinajstić information content (AvgIpc) is 3.56. The van der Waals surface area contributed by atoms with Gasteiger partial charge < -0.3 is 19.9 Å². The van der Waals surface area contributed by atoms with Gasteiger partial charge in [-0.15, -0.1) is 0 Å². The number of amides is 1. The van der Waals surface area contributed by atoms with Crippen molar-refractivity contribution >= 4 is 17.4 Å². The first-order valence-corrected chi connectivity index (χ1v) is 12.4. The van der Waals surface area contributed by atoms with Gasteiger partial charge >= 0.3 is 0 Å². The predicted molar refractivity (Wildman–Crippen MR) is 131 cm³/mol. The van der Waals surface area contributed by atoms with Crippen LogP contribution in [-0.4, -0.2) is 65.3 Å². The van der Waals surface area contributed by atoms with Crippen LogP contribution in [0.15, 0.2) is 41.9 Å². The van der Waals surface area contributed by atoms with Crippen LogP contribution in [0.1, 0.15) is 44.2 Å². The molecule has 4 heterocycles. The number of rotatable bonds is 5. The number of ether oxygens (including phenoxy) is 1. The second-order valence-electron chi connectivity index (χ2n) is 9.91. The Kier molecular flexibility index (Phi) is 5.40. The molecule has 2 aromatic rings. The second-order valence-corrected chi connectivity index (χ2v) is 9.91. The molecule has 0 spiro atoms. The molecule has 8 nitrogen and oxygen atoms in total. The first kappa shape index (κ1) is 21.4. The lowest BCUT2D eigenvalue weighted by molar-refractivity contribution is -0.128. The summed E-state index contributed by atoms with van der Waals surface area (Å²) in [4.78, 5) is 16.1. The van der Waals surface area contributed by atoms with Crippen LogP contribution in [-0.2, 0) is 16.0 Å². The summed E-state index contributed by atoms with van der Waals surface area (Å²) in [7, 11) is 0. The summed E-state index contributed by atoms with van der Waals surface area (Å²) >= 11 is 0. The number of carbonyl (C=O) groups is 1. The summed E-state index contributed by atoms with van der Waals surface area (Å²) < 4.78 is 7.43. The Bertz CT molecular complexity index is 1160. The Hall–Kier alpha value is -3.13. The van der Waals surface area contributed by atoms with Crippen LogP contribution in [0.4, 0.5) is 5.69 Å². The Labute approximate surface area is 200 Å². The summed E-state index contributed by atoms with van der Waals surface area (Å²) in [5, 5.41) is 17.4. The highest BCUT2D eigenvalue weighted by Crippen LogP contribution is 2.37. The second kappa shape index (κ2) is 8.58. The predicted octanol–water partition coefficient (Wildman–Crippen LogP) is 3.11. The maximum Gasteiger partial charge on any atom is 0.219 e. The molecule has 1 aromatic carbocycles. The van der Waals surface area contributed by atoms with Crippen molar-refractivity contribution in [3.8, 4) is 11.1 Å². The molecule has 178 valence electrons. The molecule has 34 heavy (non-hydrogen) atoms. The highest BCUT2D eigenvalue weighted by molar-refractivity contribution is 6.09. The monoisotopic (exact) mass is 460 g/mol. The number of hydrogen-bond donors (Lipinski definition) is 2. The molecule has 0 radical (unpaired) electrons. The maximum absolute atomic E-state index is 12.1. The van der Waals surface area contributed by atoms with E-state index in [1.807, 2.05) is 11.1 Å². The fourth-order valence-electron chi connectivity index (χ4n) is 5.17. The molecular formula is C26H32N6O2. The smallest absolute Gasteiger partial charge is 0.219 e. The van der Waals surface area contributed by atoms with Gasteiger partial charge in [-0.3, -0.25) is 14.9 Å². The lowest BCUT2D eigenvalue weighted by atomic mass is 9.95. The van der Waals surface area contributed by atoms with E-state index in [2.05, 4.69) is 44.4 Å². The van der Waals surface area contributed by atoms with Crippen LogP contribution in [0.2, 0.25) is 0 Å². The van der Waals surface area contributed by atoms with E-state index >= 15 is 0 Å². The third kappa shape index (κ3) is 4.00. The van der Waals surface area contributed by atoms with Crippen molar-refractivity contribution in [3.05, 3.63) is 47.4 Å².